The van der Waals surface area contributed by atoms with Crippen LogP contribution in [0.25, 0.3) is 39.0 Å². The van der Waals surface area contributed by atoms with Gasteiger partial charge in [0, 0.05) is 5.56 Å². The number of rotatable bonds is 4. The molecule has 0 spiro atoms. The van der Waals surface area contributed by atoms with Crippen molar-refractivity contribution in [3.63, 3.8) is 0 Å². The number of aliphatic hydroxyl groups is 2. The van der Waals surface area contributed by atoms with Crippen LogP contribution in [0.2, 0.25) is 0 Å². The summed E-state index contributed by atoms with van der Waals surface area (Å²) < 4.78 is 0. The summed E-state index contributed by atoms with van der Waals surface area (Å²) in [6.07, 6.45) is 0. The third kappa shape index (κ3) is 3.89. The van der Waals surface area contributed by atoms with Gasteiger partial charge in [-0.1, -0.05) is 66.7 Å². The fraction of sp³-hybridized carbons (Fsp3) is 0.0645. The summed E-state index contributed by atoms with van der Waals surface area (Å²) in [6, 6.07) is 30.1. The van der Waals surface area contributed by atoms with Crippen LogP contribution in [0.3, 0.4) is 0 Å². The number of carbonyl (C=O) groups is 1. The fourth-order valence-corrected chi connectivity index (χ4v) is 4.56. The molecule has 5 heteroatoms. The molecule has 0 fully saturated rings. The average molecular weight is 469 g/mol. The third-order valence-corrected chi connectivity index (χ3v) is 6.48. The van der Waals surface area contributed by atoms with E-state index in [0.29, 0.717) is 11.1 Å². The lowest BCUT2D eigenvalue weighted by molar-refractivity contribution is 0.105. The quantitative estimate of drug-likeness (QED) is 0.297. The van der Waals surface area contributed by atoms with Gasteiger partial charge in [-0.05, 0) is 68.3 Å². The van der Waals surface area contributed by atoms with E-state index in [1.54, 1.807) is 12.1 Å². The first-order chi connectivity index (χ1) is 17.6. The number of aliphatic hydroxyl groups excluding tert-OH is 2. The van der Waals surface area contributed by atoms with Crippen molar-refractivity contribution in [3.8, 4) is 45.5 Å². The highest BCUT2D eigenvalue weighted by Gasteiger charge is 2.30. The van der Waals surface area contributed by atoms with Crippen molar-refractivity contribution in [1.29, 1.82) is 10.5 Å². The number of allylic oxidation sites excluding steroid dienone is 2. The van der Waals surface area contributed by atoms with E-state index in [4.69, 9.17) is 0 Å². The number of Topliss-reactive ketones (excluding diaryl/α,β-unsaturated/α-hetero) is 1. The van der Waals surface area contributed by atoms with E-state index < -0.39 is 0 Å². The van der Waals surface area contributed by atoms with E-state index in [9.17, 15) is 25.5 Å². The fourth-order valence-electron chi connectivity index (χ4n) is 4.56. The molecule has 0 saturated heterocycles. The lowest BCUT2D eigenvalue weighted by atomic mass is 9.78. The molecule has 0 aliphatic heterocycles. The van der Waals surface area contributed by atoms with Crippen molar-refractivity contribution in [2.75, 3.05) is 0 Å². The Balaban J connectivity index is 1.73. The molecule has 0 amide bonds. The summed E-state index contributed by atoms with van der Waals surface area (Å²) in [4.78, 5) is 13.5. The first kappa shape index (κ1) is 23.0. The van der Waals surface area contributed by atoms with Gasteiger partial charge in [0.2, 0.25) is 0 Å². The molecule has 5 rings (SSSR count). The van der Waals surface area contributed by atoms with E-state index >= 15 is 0 Å². The van der Waals surface area contributed by atoms with Gasteiger partial charge < -0.3 is 10.2 Å². The lowest BCUT2D eigenvalue weighted by Gasteiger charge is -2.23. The zero-order valence-electron chi connectivity index (χ0n) is 19.2. The number of carbonyl (C=O) groups excluding carboxylic acids is 1. The van der Waals surface area contributed by atoms with Crippen molar-refractivity contribution < 1.29 is 15.0 Å². The summed E-state index contributed by atoms with van der Waals surface area (Å²) in [5, 5.41) is 37.9. The Kier molecular flexibility index (Phi) is 6.02. The largest absolute Gasteiger partial charge is 0.392 e. The minimum Gasteiger partial charge on any atom is -0.392 e. The van der Waals surface area contributed by atoms with Gasteiger partial charge in [-0.25, -0.2) is 0 Å². The van der Waals surface area contributed by atoms with Crippen LogP contribution >= 0.6 is 0 Å². The molecule has 36 heavy (non-hydrogen) atoms. The van der Waals surface area contributed by atoms with Crippen LogP contribution in [-0.4, -0.2) is 16.0 Å². The van der Waals surface area contributed by atoms with Gasteiger partial charge in [0.15, 0.2) is 5.78 Å². The molecule has 5 nitrogen and oxygen atoms in total. The molecule has 0 unspecified atom stereocenters. The average Bonchev–Trinajstić information content (AvgIpc) is 2.95. The molecular formula is C31H20N2O3. The Morgan fingerprint density at radius 1 is 0.583 bits per heavy atom. The molecule has 0 atom stereocenters. The molecular weight excluding hydrogens is 448 g/mol. The predicted molar refractivity (Wildman–Crippen MR) is 137 cm³/mol. The topological polar surface area (TPSA) is 105 Å². The highest BCUT2D eigenvalue weighted by atomic mass is 16.3. The van der Waals surface area contributed by atoms with Crippen molar-refractivity contribution in [2.45, 2.75) is 13.2 Å². The second kappa shape index (κ2) is 9.44. The SMILES string of the molecule is N#CC(C#N)=C1C(=O)c2ccc(-c3ccc(CO)cc3)cc2-c2cc(-c3ccc(CO)cc3)ccc21. The van der Waals surface area contributed by atoms with Crippen LogP contribution in [0.15, 0.2) is 90.5 Å². The van der Waals surface area contributed by atoms with Crippen LogP contribution in [0.5, 0.6) is 0 Å². The van der Waals surface area contributed by atoms with E-state index in [2.05, 4.69) is 0 Å². The standard InChI is InChI=1S/C31H20N2O3/c32-15-25(16-33)30-26-11-9-23(21-5-1-19(17-34)2-6-21)13-28(26)29-14-24(10-12-27(29)31(30)36)22-7-3-20(18-35)4-8-22/h1-14,34-35H,17-18H2. The summed E-state index contributed by atoms with van der Waals surface area (Å²) in [6.45, 7) is -0.0785. The maximum absolute atomic E-state index is 13.5. The van der Waals surface area contributed by atoms with E-state index in [1.165, 1.54) is 0 Å². The van der Waals surface area contributed by atoms with Gasteiger partial charge in [-0.3, -0.25) is 4.79 Å². The molecule has 0 saturated carbocycles. The zero-order chi connectivity index (χ0) is 25.2. The molecule has 4 aromatic rings. The second-order valence-corrected chi connectivity index (χ2v) is 8.53. The predicted octanol–water partition coefficient (Wildman–Crippen LogP) is 5.67. The molecule has 0 radical (unpaired) electrons. The minimum atomic E-state index is -0.349. The second-order valence-electron chi connectivity index (χ2n) is 8.53. The van der Waals surface area contributed by atoms with Crippen LogP contribution < -0.4 is 0 Å². The minimum absolute atomic E-state index is 0.0381. The van der Waals surface area contributed by atoms with Crippen molar-refractivity contribution >= 4 is 11.4 Å². The molecule has 0 bridgehead atoms. The van der Waals surface area contributed by atoms with Gasteiger partial charge >= 0.3 is 0 Å². The molecule has 0 aromatic heterocycles. The molecule has 172 valence electrons. The Morgan fingerprint density at radius 2 is 1.00 bits per heavy atom. The Hall–Kier alpha value is -4.81. The number of hydrogen-bond donors (Lipinski definition) is 2. The number of fused-ring (bicyclic) bond motifs is 3. The van der Waals surface area contributed by atoms with Gasteiger partial charge in [0.05, 0.1) is 18.8 Å². The van der Waals surface area contributed by atoms with E-state index in [-0.39, 0.29) is 30.1 Å². The number of ketones is 1. The van der Waals surface area contributed by atoms with Crippen molar-refractivity contribution in [1.82, 2.24) is 0 Å². The van der Waals surface area contributed by atoms with Crippen LogP contribution in [-0.2, 0) is 13.2 Å². The first-order valence-corrected chi connectivity index (χ1v) is 11.4. The monoisotopic (exact) mass is 468 g/mol. The van der Waals surface area contributed by atoms with Crippen molar-refractivity contribution in [3.05, 3.63) is 113 Å². The summed E-state index contributed by atoms with van der Waals surface area (Å²) in [7, 11) is 0. The van der Waals surface area contributed by atoms with Gasteiger partial charge in [-0.15, -0.1) is 0 Å². The number of benzene rings is 4. The normalized spacial score (nSPS) is 11.8. The number of nitrogens with zero attached hydrogens (tertiary/aromatic N) is 2. The van der Waals surface area contributed by atoms with E-state index in [1.807, 2.05) is 84.9 Å². The van der Waals surface area contributed by atoms with Crippen molar-refractivity contribution in [2.24, 2.45) is 0 Å². The smallest absolute Gasteiger partial charge is 0.196 e. The highest BCUT2D eigenvalue weighted by molar-refractivity contribution is 6.36. The summed E-state index contributed by atoms with van der Waals surface area (Å²) >= 11 is 0. The number of hydrogen-bond acceptors (Lipinski definition) is 5. The van der Waals surface area contributed by atoms with Gasteiger partial charge in [0.25, 0.3) is 0 Å². The van der Waals surface area contributed by atoms with E-state index in [0.717, 1.165) is 44.5 Å². The first-order valence-electron chi connectivity index (χ1n) is 11.4. The van der Waals surface area contributed by atoms with Gasteiger partial charge in [-0.2, -0.15) is 10.5 Å². The molecule has 1 aliphatic rings. The van der Waals surface area contributed by atoms with Gasteiger partial charge in [0.1, 0.15) is 17.7 Å². The lowest BCUT2D eigenvalue weighted by Crippen LogP contribution is -2.13. The Bertz CT molecular complexity index is 1600. The number of nitriles is 2. The van der Waals surface area contributed by atoms with Crippen LogP contribution in [0, 0.1) is 22.7 Å². The molecule has 0 heterocycles. The molecule has 4 aromatic carbocycles. The summed E-state index contributed by atoms with van der Waals surface area (Å²) in [5.41, 5.74) is 7.69. The maximum Gasteiger partial charge on any atom is 0.196 e. The van der Waals surface area contributed by atoms with Crippen LogP contribution in [0.4, 0.5) is 0 Å². The Labute approximate surface area is 208 Å². The zero-order valence-corrected chi connectivity index (χ0v) is 19.2. The third-order valence-electron chi connectivity index (χ3n) is 6.48. The van der Waals surface area contributed by atoms with Crippen LogP contribution in [0.1, 0.15) is 27.0 Å². The molecule has 2 N–H and O–H groups in total. The summed E-state index contributed by atoms with van der Waals surface area (Å²) in [5.74, 6) is -0.349. The Morgan fingerprint density at radius 3 is 1.44 bits per heavy atom. The highest BCUT2D eigenvalue weighted by Crippen LogP contribution is 2.43. The molecule has 1 aliphatic carbocycles. The maximum atomic E-state index is 13.5.